The largest absolute Gasteiger partial charge is 0.352 e. The number of hydrogen-bond donors (Lipinski definition) is 1. The summed E-state index contributed by atoms with van der Waals surface area (Å²) in [6.45, 7) is 11.0. The SMILES string of the molecule is CC[C@@H](C(=O)NC(C)C)N(Cc1ccccc1C)C(=O)CN(c1cc(C)ccc1C)S(=O)(=O)N(C)C. The van der Waals surface area contributed by atoms with Crippen LogP contribution in [0, 0.1) is 20.8 Å². The fourth-order valence-electron chi connectivity index (χ4n) is 3.96. The van der Waals surface area contributed by atoms with E-state index in [0.717, 1.165) is 30.9 Å². The van der Waals surface area contributed by atoms with Crippen LogP contribution in [-0.4, -0.2) is 62.2 Å². The summed E-state index contributed by atoms with van der Waals surface area (Å²) in [4.78, 5) is 28.5. The summed E-state index contributed by atoms with van der Waals surface area (Å²) in [6.07, 6.45) is 0.389. The Balaban J connectivity index is 2.58. The second-order valence-corrected chi connectivity index (χ2v) is 11.7. The van der Waals surface area contributed by atoms with Gasteiger partial charge in [-0.2, -0.15) is 12.7 Å². The molecule has 0 spiro atoms. The molecule has 36 heavy (non-hydrogen) atoms. The highest BCUT2D eigenvalue weighted by Gasteiger charge is 2.34. The van der Waals surface area contributed by atoms with Crippen LogP contribution in [0.1, 0.15) is 49.4 Å². The van der Waals surface area contributed by atoms with Gasteiger partial charge >= 0.3 is 10.2 Å². The molecule has 0 saturated heterocycles. The van der Waals surface area contributed by atoms with E-state index in [1.165, 1.54) is 19.0 Å². The van der Waals surface area contributed by atoms with Crippen molar-refractivity contribution in [1.29, 1.82) is 0 Å². The van der Waals surface area contributed by atoms with Crippen LogP contribution >= 0.6 is 0 Å². The van der Waals surface area contributed by atoms with Gasteiger partial charge in [-0.3, -0.25) is 9.59 Å². The minimum atomic E-state index is -3.99. The molecule has 0 bridgehead atoms. The van der Waals surface area contributed by atoms with E-state index in [1.54, 1.807) is 6.07 Å². The van der Waals surface area contributed by atoms with E-state index in [0.29, 0.717) is 12.1 Å². The summed E-state index contributed by atoms with van der Waals surface area (Å²) in [5, 5.41) is 2.91. The molecular weight excluding hydrogens is 476 g/mol. The van der Waals surface area contributed by atoms with E-state index in [1.807, 2.05) is 77.9 Å². The number of hydrogen-bond acceptors (Lipinski definition) is 4. The third-order valence-corrected chi connectivity index (χ3v) is 7.88. The maximum absolute atomic E-state index is 13.9. The van der Waals surface area contributed by atoms with Crippen molar-refractivity contribution in [2.75, 3.05) is 24.9 Å². The smallest absolute Gasteiger partial charge is 0.304 e. The van der Waals surface area contributed by atoms with E-state index in [2.05, 4.69) is 5.32 Å². The zero-order valence-corrected chi connectivity index (χ0v) is 23.5. The van der Waals surface area contributed by atoms with Crippen molar-refractivity contribution >= 4 is 27.7 Å². The fourth-order valence-corrected chi connectivity index (χ4v) is 5.07. The number of carbonyl (C=O) groups excluding carboxylic acids is 2. The fraction of sp³-hybridized carbons (Fsp3) is 0.481. The third-order valence-electron chi connectivity index (χ3n) is 6.07. The van der Waals surface area contributed by atoms with E-state index >= 15 is 0 Å². The van der Waals surface area contributed by atoms with Crippen molar-refractivity contribution in [2.45, 2.75) is 66.6 Å². The van der Waals surface area contributed by atoms with Crippen LogP contribution in [0.5, 0.6) is 0 Å². The molecule has 0 aliphatic heterocycles. The van der Waals surface area contributed by atoms with Crippen molar-refractivity contribution in [3.8, 4) is 0 Å². The molecule has 1 atom stereocenters. The number of anilines is 1. The van der Waals surface area contributed by atoms with Gasteiger partial charge in [0, 0.05) is 26.7 Å². The molecule has 8 nitrogen and oxygen atoms in total. The number of amides is 2. The lowest BCUT2D eigenvalue weighted by Gasteiger charge is -2.35. The summed E-state index contributed by atoms with van der Waals surface area (Å²) >= 11 is 0. The minimum absolute atomic E-state index is 0.0949. The highest BCUT2D eigenvalue weighted by molar-refractivity contribution is 7.90. The lowest BCUT2D eigenvalue weighted by Crippen LogP contribution is -2.54. The number of carbonyl (C=O) groups is 2. The molecule has 198 valence electrons. The zero-order valence-electron chi connectivity index (χ0n) is 22.7. The molecule has 0 unspecified atom stereocenters. The Morgan fingerprint density at radius 3 is 2.17 bits per heavy atom. The molecule has 9 heteroatoms. The molecule has 0 heterocycles. The van der Waals surface area contributed by atoms with Gasteiger partial charge in [0.25, 0.3) is 0 Å². The number of rotatable bonds is 11. The third kappa shape index (κ3) is 7.07. The topological polar surface area (TPSA) is 90.0 Å². The average Bonchev–Trinajstić information content (AvgIpc) is 2.79. The van der Waals surface area contributed by atoms with Gasteiger partial charge in [0.2, 0.25) is 11.8 Å². The molecule has 2 aromatic carbocycles. The number of benzene rings is 2. The van der Waals surface area contributed by atoms with Crippen molar-refractivity contribution < 1.29 is 18.0 Å². The first-order valence-corrected chi connectivity index (χ1v) is 13.6. The minimum Gasteiger partial charge on any atom is -0.352 e. The van der Waals surface area contributed by atoms with Crippen LogP contribution < -0.4 is 9.62 Å². The molecule has 2 aromatic rings. The van der Waals surface area contributed by atoms with Gasteiger partial charge < -0.3 is 10.2 Å². The number of aryl methyl sites for hydroxylation is 3. The molecule has 0 radical (unpaired) electrons. The second kappa shape index (κ2) is 12.4. The number of nitrogens with one attached hydrogen (secondary N) is 1. The van der Waals surface area contributed by atoms with Gasteiger partial charge in [-0.15, -0.1) is 0 Å². The van der Waals surface area contributed by atoms with Gasteiger partial charge in [-0.25, -0.2) is 4.31 Å². The van der Waals surface area contributed by atoms with E-state index in [4.69, 9.17) is 0 Å². The Morgan fingerprint density at radius 1 is 0.972 bits per heavy atom. The molecule has 2 rings (SSSR count). The Kier molecular flexibility index (Phi) is 10.1. The van der Waals surface area contributed by atoms with Gasteiger partial charge in [-0.05, 0) is 69.4 Å². The van der Waals surface area contributed by atoms with E-state index < -0.39 is 28.7 Å². The maximum Gasteiger partial charge on any atom is 0.304 e. The van der Waals surface area contributed by atoms with Gasteiger partial charge in [0.15, 0.2) is 0 Å². The highest BCUT2D eigenvalue weighted by atomic mass is 32.2. The maximum atomic E-state index is 13.9. The van der Waals surface area contributed by atoms with Crippen LogP contribution in [-0.2, 0) is 26.3 Å². The summed E-state index contributed by atoms with van der Waals surface area (Å²) in [5.74, 6) is -0.710. The Morgan fingerprint density at radius 2 is 1.61 bits per heavy atom. The summed E-state index contributed by atoms with van der Waals surface area (Å²) < 4.78 is 29.0. The summed E-state index contributed by atoms with van der Waals surface area (Å²) in [6, 6.07) is 12.3. The Hall–Kier alpha value is -2.91. The summed E-state index contributed by atoms with van der Waals surface area (Å²) in [5.41, 5.74) is 3.93. The first kappa shape index (κ1) is 29.3. The van der Waals surface area contributed by atoms with Gasteiger partial charge in [-0.1, -0.05) is 43.3 Å². The predicted molar refractivity (Wildman–Crippen MR) is 145 cm³/mol. The highest BCUT2D eigenvalue weighted by Crippen LogP contribution is 2.26. The van der Waals surface area contributed by atoms with Crippen LogP contribution in [0.4, 0.5) is 5.69 Å². The van der Waals surface area contributed by atoms with Gasteiger partial charge in [0.05, 0.1) is 5.69 Å². The molecule has 0 aromatic heterocycles. The lowest BCUT2D eigenvalue weighted by molar-refractivity contribution is -0.140. The molecule has 0 fully saturated rings. The quantitative estimate of drug-likeness (QED) is 0.495. The van der Waals surface area contributed by atoms with E-state index in [9.17, 15) is 18.0 Å². The molecule has 0 saturated carbocycles. The molecule has 0 aliphatic carbocycles. The normalized spacial score (nSPS) is 12.5. The number of nitrogens with zero attached hydrogens (tertiary/aromatic N) is 3. The molecular formula is C27H40N4O4S. The van der Waals surface area contributed by atoms with Crippen molar-refractivity contribution in [2.24, 2.45) is 0 Å². The van der Waals surface area contributed by atoms with Crippen LogP contribution in [0.25, 0.3) is 0 Å². The van der Waals surface area contributed by atoms with Crippen molar-refractivity contribution in [3.63, 3.8) is 0 Å². The van der Waals surface area contributed by atoms with Gasteiger partial charge in [0.1, 0.15) is 12.6 Å². The lowest BCUT2D eigenvalue weighted by atomic mass is 10.1. The average molecular weight is 517 g/mol. The molecule has 1 N–H and O–H groups in total. The zero-order chi connectivity index (χ0) is 27.2. The van der Waals surface area contributed by atoms with Crippen molar-refractivity contribution in [3.05, 3.63) is 64.7 Å². The Bertz CT molecular complexity index is 1180. The van der Waals surface area contributed by atoms with Crippen LogP contribution in [0.3, 0.4) is 0 Å². The monoisotopic (exact) mass is 516 g/mol. The van der Waals surface area contributed by atoms with E-state index in [-0.39, 0.29) is 18.5 Å². The van der Waals surface area contributed by atoms with Crippen molar-refractivity contribution in [1.82, 2.24) is 14.5 Å². The molecule has 2 amide bonds. The Labute approximate surface area is 216 Å². The molecule has 0 aliphatic rings. The first-order chi connectivity index (χ1) is 16.8. The van der Waals surface area contributed by atoms with Crippen LogP contribution in [0.2, 0.25) is 0 Å². The first-order valence-electron chi connectivity index (χ1n) is 12.2. The predicted octanol–water partition coefficient (Wildman–Crippen LogP) is 3.56. The summed E-state index contributed by atoms with van der Waals surface area (Å²) in [7, 11) is -1.12. The van der Waals surface area contributed by atoms with Crippen LogP contribution in [0.15, 0.2) is 42.5 Å². The standard InChI is InChI=1S/C27H40N4O4S/c1-9-24(27(33)28-19(2)3)30(17-23-13-11-10-12-21(23)5)26(32)18-31(36(34,35)29(7)8)25-16-20(4)14-15-22(25)6/h10-16,19,24H,9,17-18H2,1-8H3,(H,28,33)/t24-/m0/s1. The second-order valence-electron chi connectivity index (χ2n) is 9.62.